The lowest BCUT2D eigenvalue weighted by Crippen LogP contribution is -2.39. The van der Waals surface area contributed by atoms with Gasteiger partial charge in [0.05, 0.1) is 18.8 Å². The minimum absolute atomic E-state index is 0.0592. The molecule has 1 saturated carbocycles. The molecule has 0 aromatic heterocycles. The van der Waals surface area contributed by atoms with E-state index in [0.717, 1.165) is 36.1 Å². The van der Waals surface area contributed by atoms with Gasteiger partial charge in [0, 0.05) is 0 Å². The fraction of sp³-hybridized carbons (Fsp3) is 0.480. The number of hydrogen-bond donors (Lipinski definition) is 2. The van der Waals surface area contributed by atoms with E-state index in [0.29, 0.717) is 18.9 Å². The monoisotopic (exact) mass is 395 g/mol. The third-order valence-corrected chi connectivity index (χ3v) is 5.93. The van der Waals surface area contributed by atoms with Gasteiger partial charge in [-0.25, -0.2) is 0 Å². The largest absolute Gasteiger partial charge is 0.493 e. The molecule has 0 radical (unpaired) electrons. The van der Waals surface area contributed by atoms with Crippen LogP contribution in [0.15, 0.2) is 54.6 Å². The molecule has 4 nitrogen and oxygen atoms in total. The molecular formula is C25H33NO3. The topological polar surface area (TPSA) is 58.6 Å². The SMILES string of the molecule is CCCC(C)COc1ccc(C2(C(=O)N[C@H](CC)c3ccccc3)CC2O)cc1. The highest BCUT2D eigenvalue weighted by Crippen LogP contribution is 2.49. The van der Waals surface area contributed by atoms with Gasteiger partial charge >= 0.3 is 0 Å². The summed E-state index contributed by atoms with van der Waals surface area (Å²) in [5, 5.41) is 13.5. The van der Waals surface area contributed by atoms with Crippen LogP contribution in [0.4, 0.5) is 0 Å². The number of rotatable bonds is 10. The Bertz CT molecular complexity index is 789. The summed E-state index contributed by atoms with van der Waals surface area (Å²) in [6.07, 6.45) is 2.91. The number of benzene rings is 2. The Labute approximate surface area is 174 Å². The first-order valence-electron chi connectivity index (χ1n) is 10.8. The Morgan fingerprint density at radius 1 is 1.17 bits per heavy atom. The Morgan fingerprint density at radius 3 is 2.38 bits per heavy atom. The summed E-state index contributed by atoms with van der Waals surface area (Å²) in [5.41, 5.74) is 1.08. The maximum Gasteiger partial charge on any atom is 0.233 e. The highest BCUT2D eigenvalue weighted by Gasteiger charge is 2.61. The average molecular weight is 396 g/mol. The molecule has 1 aliphatic rings. The molecule has 0 spiro atoms. The van der Waals surface area contributed by atoms with E-state index in [2.05, 4.69) is 26.1 Å². The number of aliphatic hydroxyl groups excluding tert-OH is 1. The molecule has 0 bridgehead atoms. The van der Waals surface area contributed by atoms with E-state index in [-0.39, 0.29) is 11.9 Å². The summed E-state index contributed by atoms with van der Waals surface area (Å²) >= 11 is 0. The van der Waals surface area contributed by atoms with E-state index in [4.69, 9.17) is 4.74 Å². The van der Waals surface area contributed by atoms with Gasteiger partial charge < -0.3 is 15.2 Å². The Hall–Kier alpha value is -2.33. The summed E-state index contributed by atoms with van der Waals surface area (Å²) in [6, 6.07) is 17.6. The fourth-order valence-corrected chi connectivity index (χ4v) is 3.99. The van der Waals surface area contributed by atoms with E-state index >= 15 is 0 Å². The van der Waals surface area contributed by atoms with Crippen molar-refractivity contribution in [2.45, 2.75) is 64.0 Å². The molecule has 1 fully saturated rings. The van der Waals surface area contributed by atoms with E-state index < -0.39 is 11.5 Å². The zero-order valence-electron chi connectivity index (χ0n) is 17.7. The predicted molar refractivity (Wildman–Crippen MR) is 116 cm³/mol. The van der Waals surface area contributed by atoms with Crippen LogP contribution in [-0.4, -0.2) is 23.7 Å². The highest BCUT2D eigenvalue weighted by molar-refractivity contribution is 5.93. The van der Waals surface area contributed by atoms with Crippen LogP contribution in [0.25, 0.3) is 0 Å². The van der Waals surface area contributed by atoms with E-state index in [1.165, 1.54) is 0 Å². The van der Waals surface area contributed by atoms with Crippen LogP contribution in [0.3, 0.4) is 0 Å². The number of ether oxygens (including phenoxy) is 1. The van der Waals surface area contributed by atoms with Gasteiger partial charge in [-0.15, -0.1) is 0 Å². The van der Waals surface area contributed by atoms with Gasteiger partial charge in [-0.1, -0.05) is 69.7 Å². The quantitative estimate of drug-likeness (QED) is 0.609. The zero-order valence-corrected chi connectivity index (χ0v) is 17.7. The number of amides is 1. The molecule has 4 atom stereocenters. The van der Waals surface area contributed by atoms with Crippen molar-refractivity contribution < 1.29 is 14.6 Å². The second-order valence-corrected chi connectivity index (χ2v) is 8.27. The van der Waals surface area contributed by atoms with Gasteiger partial charge in [-0.05, 0) is 48.4 Å². The number of hydrogen-bond acceptors (Lipinski definition) is 3. The van der Waals surface area contributed by atoms with Gasteiger partial charge in [-0.2, -0.15) is 0 Å². The lowest BCUT2D eigenvalue weighted by molar-refractivity contribution is -0.125. The van der Waals surface area contributed by atoms with Crippen LogP contribution in [0.1, 0.15) is 63.6 Å². The van der Waals surface area contributed by atoms with Gasteiger partial charge in [0.1, 0.15) is 11.2 Å². The highest BCUT2D eigenvalue weighted by atomic mass is 16.5. The lowest BCUT2D eigenvalue weighted by atomic mass is 9.93. The summed E-state index contributed by atoms with van der Waals surface area (Å²) in [4.78, 5) is 13.2. The molecule has 0 saturated heterocycles. The van der Waals surface area contributed by atoms with Crippen molar-refractivity contribution in [1.82, 2.24) is 5.32 Å². The van der Waals surface area contributed by atoms with Gasteiger partial charge in [0.25, 0.3) is 0 Å². The van der Waals surface area contributed by atoms with Crippen molar-refractivity contribution in [3.63, 3.8) is 0 Å². The molecule has 2 N–H and O–H groups in total. The van der Waals surface area contributed by atoms with Crippen molar-refractivity contribution in [3.05, 3.63) is 65.7 Å². The van der Waals surface area contributed by atoms with Crippen LogP contribution >= 0.6 is 0 Å². The lowest BCUT2D eigenvalue weighted by Gasteiger charge is -2.23. The minimum atomic E-state index is -0.851. The summed E-state index contributed by atoms with van der Waals surface area (Å²) < 4.78 is 5.87. The molecule has 4 heteroatoms. The summed E-state index contributed by atoms with van der Waals surface area (Å²) in [6.45, 7) is 7.11. The van der Waals surface area contributed by atoms with Crippen LogP contribution in [0.5, 0.6) is 5.75 Å². The number of nitrogens with one attached hydrogen (secondary N) is 1. The first-order valence-corrected chi connectivity index (χ1v) is 10.8. The normalized spacial score (nSPS) is 22.6. The number of carbonyl (C=O) groups is 1. The first kappa shape index (κ1) is 21.4. The molecule has 156 valence electrons. The number of aliphatic hydroxyl groups is 1. The predicted octanol–water partition coefficient (Wildman–Crippen LogP) is 4.77. The van der Waals surface area contributed by atoms with Crippen LogP contribution in [0.2, 0.25) is 0 Å². The summed E-state index contributed by atoms with van der Waals surface area (Å²) in [7, 11) is 0. The van der Waals surface area contributed by atoms with Crippen molar-refractivity contribution in [2.75, 3.05) is 6.61 Å². The molecule has 29 heavy (non-hydrogen) atoms. The molecule has 1 aliphatic carbocycles. The Kier molecular flexibility index (Phi) is 6.96. The van der Waals surface area contributed by atoms with Crippen molar-refractivity contribution in [1.29, 1.82) is 0 Å². The average Bonchev–Trinajstić information content (AvgIpc) is 3.43. The molecule has 3 unspecified atom stereocenters. The smallest absolute Gasteiger partial charge is 0.233 e. The second kappa shape index (κ2) is 9.45. The van der Waals surface area contributed by atoms with E-state index in [9.17, 15) is 9.90 Å². The molecule has 1 amide bonds. The van der Waals surface area contributed by atoms with Crippen molar-refractivity contribution >= 4 is 5.91 Å². The van der Waals surface area contributed by atoms with E-state index in [1.807, 2.05) is 54.6 Å². The fourth-order valence-electron chi connectivity index (χ4n) is 3.99. The van der Waals surface area contributed by atoms with Gasteiger partial charge in [-0.3, -0.25) is 4.79 Å². The molecule has 2 aromatic carbocycles. The first-order chi connectivity index (χ1) is 14.0. The van der Waals surface area contributed by atoms with Crippen molar-refractivity contribution in [2.24, 2.45) is 5.92 Å². The summed E-state index contributed by atoms with van der Waals surface area (Å²) in [5.74, 6) is 1.22. The Morgan fingerprint density at radius 2 is 1.83 bits per heavy atom. The van der Waals surface area contributed by atoms with Gasteiger partial charge in [0.15, 0.2) is 0 Å². The zero-order chi connectivity index (χ0) is 20.9. The molecule has 2 aromatic rings. The van der Waals surface area contributed by atoms with E-state index in [1.54, 1.807) is 0 Å². The molecule has 0 heterocycles. The maximum atomic E-state index is 13.2. The third-order valence-electron chi connectivity index (χ3n) is 5.93. The van der Waals surface area contributed by atoms with Crippen LogP contribution in [-0.2, 0) is 10.2 Å². The van der Waals surface area contributed by atoms with Crippen LogP contribution in [0, 0.1) is 5.92 Å². The second-order valence-electron chi connectivity index (χ2n) is 8.27. The number of carbonyl (C=O) groups excluding carboxylic acids is 1. The molecule has 0 aliphatic heterocycles. The minimum Gasteiger partial charge on any atom is -0.493 e. The maximum absolute atomic E-state index is 13.2. The van der Waals surface area contributed by atoms with Crippen molar-refractivity contribution in [3.8, 4) is 5.75 Å². The van der Waals surface area contributed by atoms with Crippen LogP contribution < -0.4 is 10.1 Å². The molecule has 3 rings (SSSR count). The molecular weight excluding hydrogens is 362 g/mol. The Balaban J connectivity index is 1.68. The standard InChI is InChI=1S/C25H33NO3/c1-4-9-18(3)17-29-21-14-12-20(13-15-21)25(16-23(25)27)24(28)26-22(5-2)19-10-7-6-8-11-19/h6-8,10-15,18,22-23,27H,4-5,9,16-17H2,1-3H3,(H,26,28)/t18?,22-,23?,25?/m1/s1. The van der Waals surface area contributed by atoms with Gasteiger partial charge in [0.2, 0.25) is 5.91 Å². The third kappa shape index (κ3) is 4.81.